The van der Waals surface area contributed by atoms with Crippen LogP contribution in [0.1, 0.15) is 122 Å². The van der Waals surface area contributed by atoms with Gasteiger partial charge in [0.05, 0.1) is 0 Å². The minimum Gasteiger partial charge on any atom is -0.264 e. The van der Waals surface area contributed by atoms with Crippen molar-refractivity contribution in [3.05, 3.63) is 35.9 Å². The standard InChI is InChI=1S/C25H44.H2O4S/c1-2-3-4-5-6-7-8-9-10-11-12-13-14-15-16-17-19-22-25-23-20-18-21-24-25;1-5(2,3)4/h18,20-21,23-24H,2-17,19,22H2,1H3;(H2,1,2,3,4). The predicted octanol–water partition coefficient (Wildman–Crippen LogP) is 8.23. The Hall–Kier alpha value is -0.910. The average Bonchev–Trinajstić information content (AvgIpc) is 2.70. The van der Waals surface area contributed by atoms with Gasteiger partial charge in [-0.15, -0.1) is 0 Å². The van der Waals surface area contributed by atoms with E-state index in [2.05, 4.69) is 37.3 Å². The molecule has 2 N–H and O–H groups in total. The van der Waals surface area contributed by atoms with Crippen LogP contribution in [0.2, 0.25) is 0 Å². The molecule has 1 aromatic carbocycles. The quantitative estimate of drug-likeness (QED) is 0.177. The van der Waals surface area contributed by atoms with Gasteiger partial charge < -0.3 is 0 Å². The van der Waals surface area contributed by atoms with Gasteiger partial charge in [-0.05, 0) is 18.4 Å². The second-order valence-corrected chi connectivity index (χ2v) is 9.24. The molecule has 4 nitrogen and oxygen atoms in total. The van der Waals surface area contributed by atoms with E-state index in [-0.39, 0.29) is 0 Å². The minimum absolute atomic E-state index is 1.26. The average molecular weight is 443 g/mol. The fourth-order valence-corrected chi connectivity index (χ4v) is 3.70. The Morgan fingerprint density at radius 3 is 1.20 bits per heavy atom. The molecule has 0 radical (unpaired) electrons. The van der Waals surface area contributed by atoms with Crippen LogP contribution in [0.3, 0.4) is 0 Å². The molecule has 0 aliphatic heterocycles. The first-order chi connectivity index (χ1) is 14.4. The van der Waals surface area contributed by atoms with E-state index in [0.29, 0.717) is 0 Å². The van der Waals surface area contributed by atoms with Crippen molar-refractivity contribution < 1.29 is 17.5 Å². The molecule has 0 atom stereocenters. The molecule has 0 fully saturated rings. The highest BCUT2D eigenvalue weighted by molar-refractivity contribution is 7.79. The third kappa shape index (κ3) is 27.1. The molecule has 0 bridgehead atoms. The zero-order valence-electron chi connectivity index (χ0n) is 19.2. The number of rotatable bonds is 18. The van der Waals surface area contributed by atoms with Crippen LogP contribution in [-0.2, 0) is 16.8 Å². The van der Waals surface area contributed by atoms with Crippen molar-refractivity contribution >= 4 is 10.4 Å². The first kappa shape index (κ1) is 29.1. The Bertz CT molecular complexity index is 550. The van der Waals surface area contributed by atoms with Gasteiger partial charge in [-0.2, -0.15) is 8.42 Å². The fourth-order valence-electron chi connectivity index (χ4n) is 3.70. The lowest BCUT2D eigenvalue weighted by Gasteiger charge is -2.04. The van der Waals surface area contributed by atoms with Crippen LogP contribution in [-0.4, -0.2) is 17.5 Å². The van der Waals surface area contributed by atoms with Crippen molar-refractivity contribution in [1.29, 1.82) is 0 Å². The summed E-state index contributed by atoms with van der Waals surface area (Å²) in [6, 6.07) is 10.9. The van der Waals surface area contributed by atoms with E-state index < -0.39 is 10.4 Å². The van der Waals surface area contributed by atoms with Crippen molar-refractivity contribution in [2.75, 3.05) is 0 Å². The third-order valence-corrected chi connectivity index (χ3v) is 5.41. The molecular weight excluding hydrogens is 396 g/mol. The predicted molar refractivity (Wildman–Crippen MR) is 128 cm³/mol. The lowest BCUT2D eigenvalue weighted by Crippen LogP contribution is -1.89. The topological polar surface area (TPSA) is 74.6 Å². The van der Waals surface area contributed by atoms with E-state index in [1.807, 2.05) is 0 Å². The molecule has 30 heavy (non-hydrogen) atoms. The Balaban J connectivity index is 0.00000150. The van der Waals surface area contributed by atoms with E-state index >= 15 is 0 Å². The Morgan fingerprint density at radius 1 is 0.567 bits per heavy atom. The smallest absolute Gasteiger partial charge is 0.264 e. The molecule has 0 saturated carbocycles. The first-order valence-electron chi connectivity index (χ1n) is 12.2. The number of hydrogen-bond acceptors (Lipinski definition) is 2. The highest BCUT2D eigenvalue weighted by atomic mass is 32.3. The van der Waals surface area contributed by atoms with Gasteiger partial charge >= 0.3 is 10.4 Å². The van der Waals surface area contributed by atoms with Crippen molar-refractivity contribution in [2.24, 2.45) is 0 Å². The second kappa shape index (κ2) is 21.3. The molecule has 0 aromatic heterocycles. The summed E-state index contributed by atoms with van der Waals surface area (Å²) < 4.78 is 31.6. The maximum absolute atomic E-state index is 8.74. The van der Waals surface area contributed by atoms with Gasteiger partial charge in [0, 0.05) is 0 Å². The normalized spacial score (nSPS) is 11.2. The molecular formula is C25H46O4S. The lowest BCUT2D eigenvalue weighted by atomic mass is 10.0. The van der Waals surface area contributed by atoms with Crippen LogP contribution in [0.25, 0.3) is 0 Å². The number of hydrogen-bond donors (Lipinski definition) is 2. The van der Waals surface area contributed by atoms with Gasteiger partial charge in [0.25, 0.3) is 0 Å². The summed E-state index contributed by atoms with van der Waals surface area (Å²) in [6.07, 6.45) is 25.9. The molecule has 0 unspecified atom stereocenters. The van der Waals surface area contributed by atoms with Crippen molar-refractivity contribution in [3.8, 4) is 0 Å². The molecule has 0 heterocycles. The summed E-state index contributed by atoms with van der Waals surface area (Å²) in [4.78, 5) is 0. The van der Waals surface area contributed by atoms with Crippen molar-refractivity contribution in [3.63, 3.8) is 0 Å². The molecule has 0 aliphatic carbocycles. The van der Waals surface area contributed by atoms with E-state index in [9.17, 15) is 0 Å². The van der Waals surface area contributed by atoms with Crippen LogP contribution in [0.4, 0.5) is 0 Å². The van der Waals surface area contributed by atoms with Gasteiger partial charge in [-0.3, -0.25) is 9.11 Å². The highest BCUT2D eigenvalue weighted by Gasteiger charge is 1.95. The first-order valence-corrected chi connectivity index (χ1v) is 13.6. The summed E-state index contributed by atoms with van der Waals surface area (Å²) >= 11 is 0. The van der Waals surface area contributed by atoms with Crippen molar-refractivity contribution in [2.45, 2.75) is 122 Å². The van der Waals surface area contributed by atoms with Gasteiger partial charge in [-0.25, -0.2) is 0 Å². The van der Waals surface area contributed by atoms with E-state index in [1.54, 1.807) is 0 Å². The molecule has 176 valence electrons. The number of unbranched alkanes of at least 4 members (excludes halogenated alkanes) is 16. The molecule has 0 saturated heterocycles. The van der Waals surface area contributed by atoms with Crippen LogP contribution in [0.5, 0.6) is 0 Å². The van der Waals surface area contributed by atoms with Crippen LogP contribution in [0.15, 0.2) is 30.3 Å². The van der Waals surface area contributed by atoms with E-state index in [4.69, 9.17) is 17.5 Å². The SMILES string of the molecule is CCCCCCCCCCCCCCCCCCCc1ccccc1.O=S(=O)(O)O. The van der Waals surface area contributed by atoms with Gasteiger partial charge in [0.15, 0.2) is 0 Å². The number of benzene rings is 1. The zero-order valence-corrected chi connectivity index (χ0v) is 20.1. The van der Waals surface area contributed by atoms with E-state index in [0.717, 1.165) is 0 Å². The molecule has 1 aromatic rings. The maximum Gasteiger partial charge on any atom is 0.394 e. The summed E-state index contributed by atoms with van der Waals surface area (Å²) in [5.41, 5.74) is 1.50. The highest BCUT2D eigenvalue weighted by Crippen LogP contribution is 2.14. The van der Waals surface area contributed by atoms with Crippen molar-refractivity contribution in [1.82, 2.24) is 0 Å². The zero-order chi connectivity index (χ0) is 22.3. The lowest BCUT2D eigenvalue weighted by molar-refractivity contribution is 0.381. The summed E-state index contributed by atoms with van der Waals surface area (Å²) in [7, 11) is -4.67. The second-order valence-electron chi connectivity index (χ2n) is 8.34. The molecule has 0 amide bonds. The minimum atomic E-state index is -4.67. The largest absolute Gasteiger partial charge is 0.394 e. The van der Waals surface area contributed by atoms with E-state index in [1.165, 1.54) is 121 Å². The number of aryl methyl sites for hydroxylation is 1. The fraction of sp³-hybridized carbons (Fsp3) is 0.760. The molecule has 0 aliphatic rings. The van der Waals surface area contributed by atoms with Crippen LogP contribution < -0.4 is 0 Å². The summed E-state index contributed by atoms with van der Waals surface area (Å²) in [5.74, 6) is 0. The van der Waals surface area contributed by atoms with Crippen LogP contribution >= 0.6 is 0 Å². The van der Waals surface area contributed by atoms with Gasteiger partial charge in [0.1, 0.15) is 0 Å². The maximum atomic E-state index is 8.74. The van der Waals surface area contributed by atoms with Gasteiger partial charge in [-0.1, -0.05) is 140 Å². The Labute approximate surface area is 186 Å². The summed E-state index contributed by atoms with van der Waals surface area (Å²) in [5, 5.41) is 0. The monoisotopic (exact) mass is 442 g/mol. The third-order valence-electron chi connectivity index (χ3n) is 5.41. The molecule has 0 spiro atoms. The Kier molecular flexibility index (Phi) is 20.7. The Morgan fingerprint density at radius 2 is 0.867 bits per heavy atom. The van der Waals surface area contributed by atoms with Gasteiger partial charge in [0.2, 0.25) is 0 Å². The summed E-state index contributed by atoms with van der Waals surface area (Å²) in [6.45, 7) is 2.30. The van der Waals surface area contributed by atoms with Crippen LogP contribution in [0, 0.1) is 0 Å². The molecule has 1 rings (SSSR count). The molecule has 5 heteroatoms.